The number of amides is 2. The first kappa shape index (κ1) is 17.5. The maximum Gasteiger partial charge on any atom is 0.404 e. The quantitative estimate of drug-likeness (QED) is 0.479. The van der Waals surface area contributed by atoms with Gasteiger partial charge in [0.05, 0.1) is 23.1 Å². The number of anilines is 3. The number of pyridine rings is 1. The van der Waals surface area contributed by atoms with Crippen molar-refractivity contribution in [2.75, 3.05) is 29.5 Å². The summed E-state index contributed by atoms with van der Waals surface area (Å²) in [5, 5.41) is 16.9. The summed E-state index contributed by atoms with van der Waals surface area (Å²) < 4.78 is 4.04. The number of hydrogen-bond donors (Lipinski definition) is 5. The van der Waals surface area contributed by atoms with Crippen LogP contribution >= 0.6 is 11.5 Å². The standard InChI is InChI=1S/C14H18N6O3S/c1-8-11(12(15)24-20-8)13(21)19-9-3-4-10(18-7-9)16-5-2-6-17-14(22)23/h3-4,7,17H,2,5-6,15H2,1H3,(H,16,18)(H,19,21)(H,22,23). The van der Waals surface area contributed by atoms with Gasteiger partial charge in [-0.2, -0.15) is 4.37 Å². The molecule has 0 spiro atoms. The van der Waals surface area contributed by atoms with E-state index in [0.717, 1.165) is 11.5 Å². The Morgan fingerprint density at radius 3 is 2.71 bits per heavy atom. The van der Waals surface area contributed by atoms with E-state index in [1.165, 1.54) is 6.20 Å². The minimum Gasteiger partial charge on any atom is -0.465 e. The molecule has 0 atom stereocenters. The number of nitrogen functional groups attached to an aromatic ring is 1. The Bertz CT molecular complexity index is 696. The zero-order chi connectivity index (χ0) is 17.5. The highest BCUT2D eigenvalue weighted by molar-refractivity contribution is 7.10. The Kier molecular flexibility index (Phi) is 5.90. The molecular formula is C14H18N6O3S. The predicted octanol–water partition coefficient (Wildman–Crippen LogP) is 1.75. The van der Waals surface area contributed by atoms with Crippen molar-refractivity contribution >= 4 is 40.0 Å². The van der Waals surface area contributed by atoms with Crippen LogP contribution in [0.5, 0.6) is 0 Å². The molecule has 128 valence electrons. The average molecular weight is 350 g/mol. The van der Waals surface area contributed by atoms with E-state index in [-0.39, 0.29) is 5.91 Å². The molecule has 0 bridgehead atoms. The third kappa shape index (κ3) is 4.81. The molecule has 2 aromatic rings. The third-order valence-electron chi connectivity index (χ3n) is 3.07. The van der Waals surface area contributed by atoms with Gasteiger partial charge >= 0.3 is 6.09 Å². The lowest BCUT2D eigenvalue weighted by molar-refractivity contribution is 0.102. The van der Waals surface area contributed by atoms with Gasteiger partial charge in [0.1, 0.15) is 10.8 Å². The van der Waals surface area contributed by atoms with E-state index in [1.54, 1.807) is 19.1 Å². The number of hydrogen-bond acceptors (Lipinski definition) is 7. The summed E-state index contributed by atoms with van der Waals surface area (Å²) in [6.07, 6.45) is 1.13. The van der Waals surface area contributed by atoms with Crippen LogP contribution in [0.2, 0.25) is 0 Å². The number of aryl methyl sites for hydroxylation is 1. The summed E-state index contributed by atoms with van der Waals surface area (Å²) in [6.45, 7) is 2.67. The second-order valence-electron chi connectivity index (χ2n) is 4.91. The lowest BCUT2D eigenvalue weighted by atomic mass is 10.2. The van der Waals surface area contributed by atoms with E-state index in [2.05, 4.69) is 25.3 Å². The number of carbonyl (C=O) groups is 2. The van der Waals surface area contributed by atoms with Crippen LogP contribution in [0.25, 0.3) is 0 Å². The maximum atomic E-state index is 12.2. The number of rotatable bonds is 7. The molecule has 0 unspecified atom stereocenters. The number of nitrogens with one attached hydrogen (secondary N) is 3. The summed E-state index contributed by atoms with van der Waals surface area (Å²) in [6, 6.07) is 3.44. The van der Waals surface area contributed by atoms with Gasteiger partial charge in [0, 0.05) is 13.1 Å². The van der Waals surface area contributed by atoms with Crippen LogP contribution in [-0.4, -0.2) is 39.6 Å². The molecule has 0 saturated carbocycles. The predicted molar refractivity (Wildman–Crippen MR) is 92.6 cm³/mol. The second-order valence-corrected chi connectivity index (χ2v) is 5.71. The van der Waals surface area contributed by atoms with Gasteiger partial charge in [0.2, 0.25) is 0 Å². The number of carboxylic acid groups (broad SMARTS) is 1. The highest BCUT2D eigenvalue weighted by Crippen LogP contribution is 2.22. The molecule has 0 saturated heterocycles. The summed E-state index contributed by atoms with van der Waals surface area (Å²) in [7, 11) is 0. The summed E-state index contributed by atoms with van der Waals surface area (Å²) in [4.78, 5) is 26.7. The fourth-order valence-electron chi connectivity index (χ4n) is 1.93. The zero-order valence-electron chi connectivity index (χ0n) is 13.0. The van der Waals surface area contributed by atoms with Crippen LogP contribution in [0.4, 0.5) is 21.3 Å². The molecule has 2 heterocycles. The van der Waals surface area contributed by atoms with E-state index in [1.807, 2.05) is 0 Å². The first-order chi connectivity index (χ1) is 11.5. The van der Waals surface area contributed by atoms with Crippen molar-refractivity contribution in [1.29, 1.82) is 0 Å². The topological polar surface area (TPSA) is 142 Å². The highest BCUT2D eigenvalue weighted by atomic mass is 32.1. The Morgan fingerprint density at radius 2 is 2.12 bits per heavy atom. The second kappa shape index (κ2) is 8.11. The molecule has 0 aliphatic heterocycles. The van der Waals surface area contributed by atoms with Gasteiger partial charge < -0.3 is 26.8 Å². The Balaban J connectivity index is 1.84. The normalized spacial score (nSPS) is 10.2. The van der Waals surface area contributed by atoms with Crippen molar-refractivity contribution in [2.45, 2.75) is 13.3 Å². The summed E-state index contributed by atoms with van der Waals surface area (Å²) in [5.41, 5.74) is 7.27. The van der Waals surface area contributed by atoms with E-state index < -0.39 is 6.09 Å². The Hall–Kier alpha value is -2.88. The molecular weight excluding hydrogens is 332 g/mol. The van der Waals surface area contributed by atoms with Crippen LogP contribution in [0.15, 0.2) is 18.3 Å². The molecule has 0 fully saturated rings. The summed E-state index contributed by atoms with van der Waals surface area (Å²) in [5.74, 6) is 0.317. The number of aromatic nitrogens is 2. The van der Waals surface area contributed by atoms with Crippen molar-refractivity contribution in [1.82, 2.24) is 14.7 Å². The van der Waals surface area contributed by atoms with Crippen LogP contribution in [-0.2, 0) is 0 Å². The first-order valence-corrected chi connectivity index (χ1v) is 7.94. The van der Waals surface area contributed by atoms with Crippen molar-refractivity contribution in [2.24, 2.45) is 0 Å². The molecule has 0 radical (unpaired) electrons. The number of carbonyl (C=O) groups excluding carboxylic acids is 1. The van der Waals surface area contributed by atoms with E-state index >= 15 is 0 Å². The van der Waals surface area contributed by atoms with E-state index in [0.29, 0.717) is 47.3 Å². The zero-order valence-corrected chi connectivity index (χ0v) is 13.8. The van der Waals surface area contributed by atoms with Crippen LogP contribution in [0.3, 0.4) is 0 Å². The smallest absolute Gasteiger partial charge is 0.404 e. The molecule has 9 nitrogen and oxygen atoms in total. The van der Waals surface area contributed by atoms with E-state index in [4.69, 9.17) is 10.8 Å². The number of nitrogens with zero attached hydrogens (tertiary/aromatic N) is 2. The van der Waals surface area contributed by atoms with Gasteiger partial charge in [-0.1, -0.05) is 0 Å². The van der Waals surface area contributed by atoms with Crippen LogP contribution in [0.1, 0.15) is 22.5 Å². The lowest BCUT2D eigenvalue weighted by Gasteiger charge is -2.08. The lowest BCUT2D eigenvalue weighted by Crippen LogP contribution is -2.23. The minimum absolute atomic E-state index is 0.319. The fraction of sp³-hybridized carbons (Fsp3) is 0.286. The summed E-state index contributed by atoms with van der Waals surface area (Å²) >= 11 is 1.09. The third-order valence-corrected chi connectivity index (χ3v) is 3.84. The van der Waals surface area contributed by atoms with Gasteiger partial charge in [-0.05, 0) is 37.0 Å². The van der Waals surface area contributed by atoms with E-state index in [9.17, 15) is 9.59 Å². The molecule has 2 amide bonds. The van der Waals surface area contributed by atoms with Gasteiger partial charge in [-0.3, -0.25) is 4.79 Å². The van der Waals surface area contributed by atoms with Crippen LogP contribution < -0.4 is 21.7 Å². The van der Waals surface area contributed by atoms with Crippen molar-refractivity contribution < 1.29 is 14.7 Å². The SMILES string of the molecule is Cc1nsc(N)c1C(=O)Nc1ccc(NCCCNC(=O)O)nc1. The molecule has 2 aromatic heterocycles. The van der Waals surface area contributed by atoms with Crippen molar-refractivity contribution in [3.63, 3.8) is 0 Å². The van der Waals surface area contributed by atoms with Gasteiger partial charge in [-0.15, -0.1) is 0 Å². The molecule has 2 rings (SSSR count). The van der Waals surface area contributed by atoms with Gasteiger partial charge in [0.15, 0.2) is 0 Å². The average Bonchev–Trinajstić information content (AvgIpc) is 2.87. The van der Waals surface area contributed by atoms with Gasteiger partial charge in [0.25, 0.3) is 5.91 Å². The molecule has 0 aliphatic carbocycles. The minimum atomic E-state index is -1.04. The highest BCUT2D eigenvalue weighted by Gasteiger charge is 2.16. The Morgan fingerprint density at radius 1 is 1.33 bits per heavy atom. The number of nitrogens with two attached hydrogens (primary N) is 1. The molecule has 10 heteroatoms. The molecule has 24 heavy (non-hydrogen) atoms. The van der Waals surface area contributed by atoms with Crippen molar-refractivity contribution in [3.05, 3.63) is 29.6 Å². The molecule has 0 aromatic carbocycles. The fourth-order valence-corrected chi connectivity index (χ4v) is 2.59. The monoisotopic (exact) mass is 350 g/mol. The Labute approximate surface area is 142 Å². The largest absolute Gasteiger partial charge is 0.465 e. The maximum absolute atomic E-state index is 12.2. The molecule has 0 aliphatic rings. The van der Waals surface area contributed by atoms with Gasteiger partial charge in [-0.25, -0.2) is 9.78 Å². The van der Waals surface area contributed by atoms with Crippen LogP contribution in [0, 0.1) is 6.92 Å². The molecule has 6 N–H and O–H groups in total. The van der Waals surface area contributed by atoms with Crippen molar-refractivity contribution in [3.8, 4) is 0 Å². The first-order valence-electron chi connectivity index (χ1n) is 7.17.